The minimum atomic E-state index is -0.399. The summed E-state index contributed by atoms with van der Waals surface area (Å²) in [7, 11) is 1.56. The summed E-state index contributed by atoms with van der Waals surface area (Å²) in [6.45, 7) is 0. The quantitative estimate of drug-likeness (QED) is 0.0810. The largest absolute Gasteiger partial charge is 0.496 e. The van der Waals surface area contributed by atoms with E-state index in [0.717, 1.165) is 31.4 Å². The highest BCUT2D eigenvalue weighted by Gasteiger charge is 2.13. The first-order valence-electron chi connectivity index (χ1n) is 9.16. The predicted octanol–water partition coefficient (Wildman–Crippen LogP) is 6.86. The Hall–Kier alpha value is -2.50. The second kappa shape index (κ2) is 9.75. The van der Waals surface area contributed by atoms with Crippen LogP contribution >= 0.6 is 45.7 Å². The average molecular weight is 561 g/mol. The van der Waals surface area contributed by atoms with Gasteiger partial charge < -0.3 is 4.74 Å². The molecule has 0 aliphatic carbocycles. The zero-order chi connectivity index (χ0) is 21.8. The maximum Gasteiger partial charge on any atom is 0.270 e. The Balaban J connectivity index is 1.50. The number of fused-ring (bicyclic) bond motifs is 1. The maximum atomic E-state index is 11.1. The molecule has 0 aliphatic heterocycles. The molecule has 0 saturated carbocycles. The van der Waals surface area contributed by atoms with Crippen LogP contribution in [-0.4, -0.2) is 23.2 Å². The Morgan fingerprint density at radius 1 is 1.19 bits per heavy atom. The Labute approximate surface area is 200 Å². The monoisotopic (exact) mass is 561 g/mol. The van der Waals surface area contributed by atoms with Crippen molar-refractivity contribution >= 4 is 73.5 Å². The van der Waals surface area contributed by atoms with Crippen LogP contribution in [0.25, 0.3) is 10.2 Å². The van der Waals surface area contributed by atoms with E-state index in [1.54, 1.807) is 30.6 Å². The normalized spacial score (nSPS) is 11.3. The van der Waals surface area contributed by atoms with Crippen LogP contribution < -0.4 is 4.74 Å². The van der Waals surface area contributed by atoms with Crippen molar-refractivity contribution in [2.45, 2.75) is 10.1 Å². The van der Waals surface area contributed by atoms with Crippen LogP contribution in [0.5, 0.6) is 5.75 Å². The first-order chi connectivity index (χ1) is 15.0. The number of hydrogen-bond acceptors (Lipinski definition) is 7. The molecule has 0 aliphatic rings. The van der Waals surface area contributed by atoms with Gasteiger partial charge in [-0.1, -0.05) is 23.9 Å². The lowest BCUT2D eigenvalue weighted by atomic mass is 10.2. The van der Waals surface area contributed by atoms with Gasteiger partial charge in [0.1, 0.15) is 5.75 Å². The van der Waals surface area contributed by atoms with Crippen LogP contribution in [0.1, 0.15) is 11.1 Å². The van der Waals surface area contributed by atoms with Crippen LogP contribution in [-0.2, 0) is 5.75 Å². The molecule has 0 fully saturated rings. The molecule has 0 atom stereocenters. The average Bonchev–Trinajstić information content (AvgIpc) is 3.19. The number of nitro groups is 1. The molecule has 31 heavy (non-hydrogen) atoms. The summed E-state index contributed by atoms with van der Waals surface area (Å²) in [5, 5.41) is 11.1. The molecule has 4 rings (SSSR count). The lowest BCUT2D eigenvalue weighted by molar-refractivity contribution is -0.384. The number of rotatable bonds is 7. The van der Waals surface area contributed by atoms with Gasteiger partial charge in [0.05, 0.1) is 27.9 Å². The number of benzene rings is 3. The van der Waals surface area contributed by atoms with E-state index < -0.39 is 4.92 Å². The van der Waals surface area contributed by atoms with Crippen molar-refractivity contribution in [3.63, 3.8) is 0 Å². The summed E-state index contributed by atoms with van der Waals surface area (Å²) in [6, 6.07) is 18.7. The molecular weight excluding hydrogens is 545 g/mol. The molecule has 0 unspecified atom stereocenters. The molecule has 0 N–H and O–H groups in total. The third-order valence-corrected chi connectivity index (χ3v) is 7.34. The summed E-state index contributed by atoms with van der Waals surface area (Å²) in [4.78, 5) is 19.9. The molecule has 1 heterocycles. The highest BCUT2D eigenvalue weighted by Crippen LogP contribution is 2.36. The number of nitrogens with zero attached hydrogens (tertiary/aromatic N) is 3. The van der Waals surface area contributed by atoms with Crippen molar-refractivity contribution in [2.24, 2.45) is 4.99 Å². The Morgan fingerprint density at radius 2 is 2.00 bits per heavy atom. The van der Waals surface area contributed by atoms with E-state index in [0.29, 0.717) is 11.5 Å². The first-order valence-corrected chi connectivity index (χ1v) is 12.0. The fraction of sp³-hybridized carbons (Fsp3) is 0.0909. The topological polar surface area (TPSA) is 77.6 Å². The van der Waals surface area contributed by atoms with Crippen molar-refractivity contribution in [3.8, 4) is 5.75 Å². The Kier molecular flexibility index (Phi) is 6.83. The summed E-state index contributed by atoms with van der Waals surface area (Å²) >= 11 is 5.39. The van der Waals surface area contributed by atoms with E-state index in [4.69, 9.17) is 4.74 Å². The Bertz CT molecular complexity index is 1270. The number of non-ortho nitro benzene ring substituents is 1. The number of aliphatic imine (C=N–C) groups is 1. The van der Waals surface area contributed by atoms with Gasteiger partial charge in [-0.25, -0.2) is 4.98 Å². The molecule has 0 bridgehead atoms. The third-order valence-electron chi connectivity index (χ3n) is 4.41. The molecule has 9 heteroatoms. The van der Waals surface area contributed by atoms with E-state index in [2.05, 4.69) is 32.6 Å². The molecular formula is C22H16IN3O3S2. The minimum Gasteiger partial charge on any atom is -0.496 e. The van der Waals surface area contributed by atoms with Crippen molar-refractivity contribution in [2.75, 3.05) is 7.11 Å². The van der Waals surface area contributed by atoms with Gasteiger partial charge in [0, 0.05) is 33.2 Å². The van der Waals surface area contributed by atoms with E-state index in [1.807, 2.05) is 48.7 Å². The molecule has 3 aromatic carbocycles. The molecule has 0 saturated heterocycles. The highest BCUT2D eigenvalue weighted by molar-refractivity contribution is 14.1. The van der Waals surface area contributed by atoms with Gasteiger partial charge in [0.15, 0.2) is 4.34 Å². The van der Waals surface area contributed by atoms with Crippen molar-refractivity contribution < 1.29 is 9.66 Å². The number of methoxy groups -OCH3 is 1. The van der Waals surface area contributed by atoms with Crippen LogP contribution in [0.3, 0.4) is 0 Å². The summed E-state index contributed by atoms with van der Waals surface area (Å²) in [5.74, 6) is 1.16. The fourth-order valence-electron chi connectivity index (χ4n) is 2.86. The van der Waals surface area contributed by atoms with E-state index in [9.17, 15) is 10.1 Å². The van der Waals surface area contributed by atoms with Crippen molar-refractivity contribution in [1.82, 2.24) is 4.98 Å². The van der Waals surface area contributed by atoms with Crippen molar-refractivity contribution in [3.05, 3.63) is 85.5 Å². The molecule has 6 nitrogen and oxygen atoms in total. The highest BCUT2D eigenvalue weighted by atomic mass is 127. The smallest absolute Gasteiger partial charge is 0.270 e. The fourth-order valence-corrected chi connectivity index (χ4v) is 5.30. The maximum absolute atomic E-state index is 11.1. The molecule has 4 aromatic rings. The minimum absolute atomic E-state index is 0.0522. The lowest BCUT2D eigenvalue weighted by Gasteiger charge is -2.06. The van der Waals surface area contributed by atoms with Crippen LogP contribution in [0.2, 0.25) is 0 Å². The molecule has 0 spiro atoms. The molecule has 156 valence electrons. The van der Waals surface area contributed by atoms with Gasteiger partial charge in [0.25, 0.3) is 5.69 Å². The number of hydrogen-bond donors (Lipinski definition) is 0. The van der Waals surface area contributed by atoms with Gasteiger partial charge in [-0.15, -0.1) is 11.3 Å². The van der Waals surface area contributed by atoms with Crippen LogP contribution in [0.15, 0.2) is 70.0 Å². The van der Waals surface area contributed by atoms with Gasteiger partial charge in [-0.3, -0.25) is 15.1 Å². The van der Waals surface area contributed by atoms with Gasteiger partial charge in [-0.05, 0) is 64.6 Å². The SMILES string of the molecule is COc1ccc([N+](=O)[O-])cc1CSc1nc2ccc(N=Cc3ccc(I)cc3)cc2s1. The first kappa shape index (κ1) is 21.7. The van der Waals surface area contributed by atoms with Crippen LogP contribution in [0.4, 0.5) is 11.4 Å². The summed E-state index contributed by atoms with van der Waals surface area (Å²) in [5.41, 5.74) is 3.64. The van der Waals surface area contributed by atoms with Gasteiger partial charge in [-0.2, -0.15) is 0 Å². The summed E-state index contributed by atoms with van der Waals surface area (Å²) in [6.07, 6.45) is 1.85. The zero-order valence-electron chi connectivity index (χ0n) is 16.3. The van der Waals surface area contributed by atoms with E-state index in [1.165, 1.54) is 21.4 Å². The van der Waals surface area contributed by atoms with E-state index in [-0.39, 0.29) is 5.69 Å². The second-order valence-corrected chi connectivity index (χ2v) is 9.98. The zero-order valence-corrected chi connectivity index (χ0v) is 20.1. The summed E-state index contributed by atoms with van der Waals surface area (Å²) < 4.78 is 8.47. The molecule has 0 radical (unpaired) electrons. The number of thioether (sulfide) groups is 1. The Morgan fingerprint density at radius 3 is 2.74 bits per heavy atom. The number of thiazole rings is 1. The lowest BCUT2D eigenvalue weighted by Crippen LogP contribution is -1.94. The number of aromatic nitrogens is 1. The predicted molar refractivity (Wildman–Crippen MR) is 135 cm³/mol. The number of halogens is 1. The van der Waals surface area contributed by atoms with Gasteiger partial charge in [0.2, 0.25) is 0 Å². The molecule has 1 aromatic heterocycles. The van der Waals surface area contributed by atoms with Gasteiger partial charge >= 0.3 is 0 Å². The second-order valence-electron chi connectivity index (χ2n) is 6.48. The number of ether oxygens (including phenoxy) is 1. The standard InChI is InChI=1S/C22H16IN3O3S2/c1-29-20-9-7-18(26(27)28)10-15(20)13-30-22-25-19-8-6-17(11-21(19)31-22)24-12-14-2-4-16(23)5-3-14/h2-12H,13H2,1H3. The molecule has 0 amide bonds. The number of nitro benzene ring substituents is 1. The van der Waals surface area contributed by atoms with E-state index >= 15 is 0 Å². The van der Waals surface area contributed by atoms with Crippen LogP contribution in [0, 0.1) is 13.7 Å². The third kappa shape index (κ3) is 5.41. The van der Waals surface area contributed by atoms with Crippen molar-refractivity contribution in [1.29, 1.82) is 0 Å².